The Labute approximate surface area is 190 Å². The molecule has 1 aliphatic heterocycles. The number of aromatic nitrogens is 3. The van der Waals surface area contributed by atoms with Crippen LogP contribution < -0.4 is 11.4 Å². The van der Waals surface area contributed by atoms with Gasteiger partial charge in [0.15, 0.2) is 11.6 Å². The highest BCUT2D eigenvalue weighted by Gasteiger charge is 2.67. The summed E-state index contributed by atoms with van der Waals surface area (Å²) in [5.41, 5.74) is -1.02. The van der Waals surface area contributed by atoms with Gasteiger partial charge in [-0.1, -0.05) is 38.1 Å². The van der Waals surface area contributed by atoms with Gasteiger partial charge in [0, 0.05) is 23.9 Å². The van der Waals surface area contributed by atoms with E-state index < -0.39 is 34.2 Å². The van der Waals surface area contributed by atoms with Gasteiger partial charge in [0.1, 0.15) is 5.75 Å². The number of para-hydroxylation sites is 1. The Balaban J connectivity index is 1.88. The molecule has 4 atom stereocenters. The van der Waals surface area contributed by atoms with Gasteiger partial charge in [-0.3, -0.25) is 9.59 Å². The Morgan fingerprint density at radius 1 is 0.970 bits per heavy atom. The van der Waals surface area contributed by atoms with Gasteiger partial charge in [-0.2, -0.15) is 0 Å². The van der Waals surface area contributed by atoms with Crippen LogP contribution in [-0.4, -0.2) is 30.6 Å². The molecule has 3 aliphatic rings. The zero-order valence-electron chi connectivity index (χ0n) is 19.4. The van der Waals surface area contributed by atoms with Gasteiger partial charge < -0.3 is 5.11 Å². The van der Waals surface area contributed by atoms with Crippen molar-refractivity contribution in [1.82, 2.24) is 13.9 Å². The van der Waals surface area contributed by atoms with Crippen LogP contribution >= 0.6 is 0 Å². The summed E-state index contributed by atoms with van der Waals surface area (Å²) in [5.74, 6) is -0.874. The third kappa shape index (κ3) is 2.36. The predicted molar refractivity (Wildman–Crippen MR) is 121 cm³/mol. The average Bonchev–Trinajstić information content (AvgIpc) is 3.02. The molecule has 0 bridgehead atoms. The number of carbonyl (C=O) groups is 2. The monoisotopic (exact) mass is 449 g/mol. The van der Waals surface area contributed by atoms with Gasteiger partial charge in [-0.15, -0.1) is 0 Å². The summed E-state index contributed by atoms with van der Waals surface area (Å²) in [7, 11) is 1.43. The molecule has 1 saturated carbocycles. The Kier molecular flexibility index (Phi) is 4.26. The van der Waals surface area contributed by atoms with Crippen molar-refractivity contribution < 1.29 is 14.7 Å². The van der Waals surface area contributed by atoms with E-state index in [0.29, 0.717) is 16.7 Å². The first-order valence-corrected chi connectivity index (χ1v) is 11.1. The lowest BCUT2D eigenvalue weighted by Gasteiger charge is -2.58. The second-order valence-electron chi connectivity index (χ2n) is 9.91. The Morgan fingerprint density at radius 2 is 1.61 bits per heavy atom. The van der Waals surface area contributed by atoms with Crippen LogP contribution in [0.3, 0.4) is 0 Å². The first kappa shape index (κ1) is 21.4. The van der Waals surface area contributed by atoms with Gasteiger partial charge in [0.25, 0.3) is 0 Å². The molecule has 1 aromatic heterocycles. The van der Waals surface area contributed by atoms with Crippen LogP contribution in [0, 0.1) is 10.8 Å². The molecule has 2 aromatic rings. The van der Waals surface area contributed by atoms with E-state index in [2.05, 4.69) is 0 Å². The van der Waals surface area contributed by atoms with Crippen LogP contribution in [0.1, 0.15) is 51.6 Å². The summed E-state index contributed by atoms with van der Waals surface area (Å²) in [6.07, 6.45) is 2.09. The predicted octanol–water partition coefficient (Wildman–Crippen LogP) is 2.22. The minimum Gasteiger partial charge on any atom is -0.508 e. The first-order chi connectivity index (χ1) is 15.5. The Morgan fingerprint density at radius 3 is 2.27 bits per heavy atom. The Hall–Kier alpha value is -3.42. The number of hydrogen-bond acceptors (Lipinski definition) is 5. The van der Waals surface area contributed by atoms with Gasteiger partial charge in [-0.25, -0.2) is 23.5 Å². The van der Waals surface area contributed by atoms with Crippen molar-refractivity contribution in [2.24, 2.45) is 17.9 Å². The number of phenolic OH excluding ortho intramolecular Hbond substituents is 1. The molecule has 0 radical (unpaired) electrons. The third-order valence-corrected chi connectivity index (χ3v) is 8.55. The summed E-state index contributed by atoms with van der Waals surface area (Å²) in [5, 5.41) is 10.8. The van der Waals surface area contributed by atoms with Crippen molar-refractivity contribution in [2.75, 3.05) is 0 Å². The topological polar surface area (TPSA) is 103 Å². The van der Waals surface area contributed by atoms with E-state index in [1.165, 1.54) is 16.4 Å². The molecule has 0 unspecified atom stereocenters. The quantitative estimate of drug-likeness (QED) is 0.673. The maximum atomic E-state index is 13.9. The molecule has 8 heteroatoms. The minimum atomic E-state index is -1.17. The number of carbonyl (C=O) groups excluding carboxylic acids is 2. The van der Waals surface area contributed by atoms with Crippen molar-refractivity contribution in [3.8, 4) is 5.75 Å². The van der Waals surface area contributed by atoms with Crippen molar-refractivity contribution in [1.29, 1.82) is 0 Å². The fraction of sp³-hybridized carbons (Fsp3) is 0.440. The first-order valence-electron chi connectivity index (χ1n) is 11.1. The van der Waals surface area contributed by atoms with Crippen LogP contribution in [-0.2, 0) is 23.2 Å². The summed E-state index contributed by atoms with van der Waals surface area (Å²) in [6.45, 7) is 7.13. The number of Topliss-reactive ketones (excluding diaryl/α,β-unsaturated/α-hetero) is 2. The van der Waals surface area contributed by atoms with Gasteiger partial charge in [0.05, 0.1) is 18.0 Å². The molecule has 172 valence electrons. The number of ketones is 2. The van der Waals surface area contributed by atoms with E-state index in [1.54, 1.807) is 45.0 Å². The summed E-state index contributed by atoms with van der Waals surface area (Å²) in [6, 6.07) is 6.24. The normalized spacial score (nSPS) is 31.1. The molecule has 33 heavy (non-hydrogen) atoms. The largest absolute Gasteiger partial charge is 0.508 e. The maximum Gasteiger partial charge on any atom is 0.347 e. The highest BCUT2D eigenvalue weighted by Crippen LogP contribution is 2.66. The molecule has 2 heterocycles. The van der Waals surface area contributed by atoms with E-state index in [9.17, 15) is 24.3 Å². The average molecular weight is 450 g/mol. The summed E-state index contributed by atoms with van der Waals surface area (Å²) in [4.78, 5) is 53.5. The zero-order chi connectivity index (χ0) is 24.0. The van der Waals surface area contributed by atoms with Gasteiger partial charge >= 0.3 is 11.4 Å². The number of aromatic hydroxyl groups is 1. The molecule has 1 fully saturated rings. The van der Waals surface area contributed by atoms with Crippen LogP contribution in [0.25, 0.3) is 0 Å². The molecule has 0 amide bonds. The molecular formula is C25H27N3O5. The molecule has 1 N–H and O–H groups in total. The number of phenols is 1. The summed E-state index contributed by atoms with van der Waals surface area (Å²) < 4.78 is 3.87. The zero-order valence-corrected chi connectivity index (χ0v) is 19.4. The number of fused-ring (bicyclic) bond motifs is 4. The van der Waals surface area contributed by atoms with Crippen molar-refractivity contribution in [2.45, 2.75) is 52.6 Å². The lowest BCUT2D eigenvalue weighted by Crippen LogP contribution is -2.61. The molecule has 0 spiro atoms. The van der Waals surface area contributed by atoms with Crippen LogP contribution in [0.4, 0.5) is 0 Å². The lowest BCUT2D eigenvalue weighted by molar-refractivity contribution is -0.151. The summed E-state index contributed by atoms with van der Waals surface area (Å²) >= 11 is 0. The van der Waals surface area contributed by atoms with Crippen molar-refractivity contribution >= 4 is 11.6 Å². The number of hydrogen-bond donors (Lipinski definition) is 1. The molecule has 1 aromatic carbocycles. The SMILES string of the molecule is CC1=C(C)C(=O)[C@@]2(C)[C@@H](c3ccccc3O)C3=CCn4c(=O)n(C)c(=O)n4[C@@H]3C[C@@]2(C)C1=O. The Bertz CT molecular complexity index is 1430. The maximum absolute atomic E-state index is 13.9. The van der Waals surface area contributed by atoms with E-state index in [4.69, 9.17) is 0 Å². The van der Waals surface area contributed by atoms with Gasteiger partial charge in [0.2, 0.25) is 0 Å². The number of benzene rings is 1. The number of rotatable bonds is 1. The van der Waals surface area contributed by atoms with Crippen LogP contribution in [0.15, 0.2) is 56.6 Å². The fourth-order valence-electron chi connectivity index (χ4n) is 6.38. The van der Waals surface area contributed by atoms with Crippen molar-refractivity contribution in [3.63, 3.8) is 0 Å². The van der Waals surface area contributed by atoms with E-state index in [-0.39, 0.29) is 30.3 Å². The second-order valence-corrected chi connectivity index (χ2v) is 9.91. The standard InChI is InChI=1S/C25H27N3O5/c1-13-14(2)21(31)25(4)19(16-8-6-7-9-18(16)29)15-10-11-27-22(32)26(5)23(33)28(27)17(15)12-24(25,3)20(13)30/h6-10,17,19,29H,11-12H2,1-5H3/t17-,19-,24+,25-/m1/s1. The van der Waals surface area contributed by atoms with Crippen molar-refractivity contribution in [3.05, 3.63) is 73.6 Å². The highest BCUT2D eigenvalue weighted by atomic mass is 16.3. The third-order valence-electron chi connectivity index (χ3n) is 8.55. The minimum absolute atomic E-state index is 0.0279. The lowest BCUT2D eigenvalue weighted by atomic mass is 9.43. The second kappa shape index (κ2) is 6.56. The van der Waals surface area contributed by atoms with Crippen LogP contribution in [0.2, 0.25) is 0 Å². The highest BCUT2D eigenvalue weighted by molar-refractivity contribution is 6.17. The molecule has 8 nitrogen and oxygen atoms in total. The number of allylic oxidation sites excluding steroid dienone is 4. The molecular weight excluding hydrogens is 422 g/mol. The fourth-order valence-corrected chi connectivity index (χ4v) is 6.38. The molecule has 2 aliphatic carbocycles. The van der Waals surface area contributed by atoms with Gasteiger partial charge in [-0.05, 0) is 43.1 Å². The van der Waals surface area contributed by atoms with Crippen LogP contribution in [0.5, 0.6) is 5.75 Å². The van der Waals surface area contributed by atoms with E-state index >= 15 is 0 Å². The molecule has 5 rings (SSSR count). The van der Waals surface area contributed by atoms with E-state index in [0.717, 1.165) is 10.1 Å². The van der Waals surface area contributed by atoms with E-state index in [1.807, 2.05) is 13.0 Å². The number of nitrogens with zero attached hydrogens (tertiary/aromatic N) is 3. The smallest absolute Gasteiger partial charge is 0.347 e. The molecule has 0 saturated heterocycles.